The van der Waals surface area contributed by atoms with Crippen LogP contribution < -0.4 is 0 Å². The largest absolute Gasteiger partial charge is 0.388 e. The van der Waals surface area contributed by atoms with Crippen molar-refractivity contribution in [2.45, 2.75) is 38.7 Å². The van der Waals surface area contributed by atoms with Crippen LogP contribution in [0.3, 0.4) is 0 Å². The van der Waals surface area contributed by atoms with Gasteiger partial charge in [-0.1, -0.05) is 68.8 Å². The van der Waals surface area contributed by atoms with Crippen LogP contribution in [0.5, 0.6) is 0 Å². The van der Waals surface area contributed by atoms with Crippen molar-refractivity contribution in [1.29, 1.82) is 0 Å². The smallest absolute Gasteiger partial charge is 0.145 e. The average Bonchev–Trinajstić information content (AvgIpc) is 2.43. The summed E-state index contributed by atoms with van der Waals surface area (Å²) >= 11 is 5.79. The van der Waals surface area contributed by atoms with Gasteiger partial charge in [-0.3, -0.25) is 0 Å². The number of halogens is 2. The second-order valence-corrected chi connectivity index (χ2v) is 6.68. The Bertz CT molecular complexity index is 631. The standard InChI is InChI=1S/C18H20ClFO/c1-18(2,3)14-9-5-4-8-13(14)16(21)11-12-7-6-10-15(19)17(12)20/h4-10,16,21H,11H2,1-3H3. The van der Waals surface area contributed by atoms with E-state index in [1.165, 1.54) is 6.07 Å². The van der Waals surface area contributed by atoms with Gasteiger partial charge in [0.05, 0.1) is 11.1 Å². The van der Waals surface area contributed by atoms with Gasteiger partial charge in [-0.15, -0.1) is 0 Å². The van der Waals surface area contributed by atoms with Gasteiger partial charge >= 0.3 is 0 Å². The van der Waals surface area contributed by atoms with Gasteiger partial charge in [0, 0.05) is 6.42 Å². The van der Waals surface area contributed by atoms with Crippen LogP contribution in [-0.2, 0) is 11.8 Å². The lowest BCUT2D eigenvalue weighted by atomic mass is 9.81. The van der Waals surface area contributed by atoms with Crippen LogP contribution in [0.15, 0.2) is 42.5 Å². The summed E-state index contributed by atoms with van der Waals surface area (Å²) in [7, 11) is 0. The van der Waals surface area contributed by atoms with Gasteiger partial charge in [0.1, 0.15) is 5.82 Å². The normalized spacial score (nSPS) is 13.2. The highest BCUT2D eigenvalue weighted by Crippen LogP contribution is 2.32. The van der Waals surface area contributed by atoms with Gasteiger partial charge < -0.3 is 5.11 Å². The Morgan fingerprint density at radius 3 is 2.43 bits per heavy atom. The zero-order chi connectivity index (χ0) is 15.6. The molecule has 0 aromatic heterocycles. The Labute approximate surface area is 130 Å². The zero-order valence-corrected chi connectivity index (χ0v) is 13.3. The molecule has 2 aromatic rings. The minimum atomic E-state index is -0.756. The van der Waals surface area contributed by atoms with Crippen molar-refractivity contribution in [2.24, 2.45) is 0 Å². The molecule has 1 atom stereocenters. The van der Waals surface area contributed by atoms with Crippen LogP contribution in [0.2, 0.25) is 5.02 Å². The summed E-state index contributed by atoms with van der Waals surface area (Å²) < 4.78 is 14.0. The third-order valence-electron chi connectivity index (χ3n) is 3.57. The first-order valence-electron chi connectivity index (χ1n) is 7.01. The highest BCUT2D eigenvalue weighted by Gasteiger charge is 2.22. The van der Waals surface area contributed by atoms with E-state index in [0.717, 1.165) is 11.1 Å². The molecular weight excluding hydrogens is 287 g/mol. The summed E-state index contributed by atoms with van der Waals surface area (Å²) in [5.74, 6) is -0.452. The fourth-order valence-corrected chi connectivity index (χ4v) is 2.69. The predicted molar refractivity (Wildman–Crippen MR) is 85.2 cm³/mol. The van der Waals surface area contributed by atoms with E-state index in [1.54, 1.807) is 12.1 Å². The molecule has 1 nitrogen and oxygen atoms in total. The average molecular weight is 307 g/mol. The van der Waals surface area contributed by atoms with Crippen LogP contribution in [-0.4, -0.2) is 5.11 Å². The summed E-state index contributed by atoms with van der Waals surface area (Å²) in [5, 5.41) is 10.6. The molecule has 0 spiro atoms. The number of benzene rings is 2. The van der Waals surface area contributed by atoms with Gasteiger partial charge in [0.15, 0.2) is 0 Å². The molecule has 0 saturated carbocycles. The lowest BCUT2D eigenvalue weighted by Gasteiger charge is -2.25. The van der Waals surface area contributed by atoms with Gasteiger partial charge in [-0.2, -0.15) is 0 Å². The molecule has 0 aliphatic rings. The molecule has 2 aromatic carbocycles. The first-order chi connectivity index (χ1) is 9.80. The molecule has 0 saturated heterocycles. The van der Waals surface area contributed by atoms with Crippen molar-refractivity contribution in [2.75, 3.05) is 0 Å². The molecule has 0 fully saturated rings. The van der Waals surface area contributed by atoms with Crippen LogP contribution in [0.25, 0.3) is 0 Å². The maximum absolute atomic E-state index is 14.0. The second-order valence-electron chi connectivity index (χ2n) is 6.27. The fraction of sp³-hybridized carbons (Fsp3) is 0.333. The Balaban J connectivity index is 2.33. The van der Waals surface area contributed by atoms with E-state index in [9.17, 15) is 9.50 Å². The number of aliphatic hydroxyl groups is 1. The van der Waals surface area contributed by atoms with E-state index in [0.29, 0.717) is 5.56 Å². The van der Waals surface area contributed by atoms with Crippen molar-refractivity contribution in [3.8, 4) is 0 Å². The van der Waals surface area contributed by atoms with E-state index in [-0.39, 0.29) is 16.9 Å². The predicted octanol–water partition coefficient (Wildman–Crippen LogP) is 5.05. The number of hydrogen-bond donors (Lipinski definition) is 1. The quantitative estimate of drug-likeness (QED) is 0.841. The van der Waals surface area contributed by atoms with E-state index in [1.807, 2.05) is 24.3 Å². The Kier molecular flexibility index (Phi) is 4.70. The molecule has 3 heteroatoms. The summed E-state index contributed by atoms with van der Waals surface area (Å²) in [6, 6.07) is 12.6. The van der Waals surface area contributed by atoms with Crippen molar-refractivity contribution in [3.05, 3.63) is 70.0 Å². The Morgan fingerprint density at radius 2 is 1.76 bits per heavy atom. The lowest BCUT2D eigenvalue weighted by molar-refractivity contribution is 0.174. The second kappa shape index (κ2) is 6.17. The van der Waals surface area contributed by atoms with Crippen molar-refractivity contribution in [1.82, 2.24) is 0 Å². The van der Waals surface area contributed by atoms with Crippen LogP contribution >= 0.6 is 11.6 Å². The molecule has 2 rings (SSSR count). The monoisotopic (exact) mass is 306 g/mol. The van der Waals surface area contributed by atoms with Gasteiger partial charge in [0.2, 0.25) is 0 Å². The van der Waals surface area contributed by atoms with Crippen molar-refractivity contribution in [3.63, 3.8) is 0 Å². The number of hydrogen-bond acceptors (Lipinski definition) is 1. The molecular formula is C18H20ClFO. The SMILES string of the molecule is CC(C)(C)c1ccccc1C(O)Cc1cccc(Cl)c1F. The van der Waals surface area contributed by atoms with Gasteiger partial charge in [-0.25, -0.2) is 4.39 Å². The molecule has 1 unspecified atom stereocenters. The number of aliphatic hydroxyl groups excluding tert-OH is 1. The fourth-order valence-electron chi connectivity index (χ4n) is 2.49. The molecule has 0 bridgehead atoms. The highest BCUT2D eigenvalue weighted by molar-refractivity contribution is 6.30. The molecule has 0 heterocycles. The van der Waals surface area contributed by atoms with E-state index in [4.69, 9.17) is 11.6 Å². The molecule has 0 radical (unpaired) electrons. The minimum absolute atomic E-state index is 0.0789. The van der Waals surface area contributed by atoms with E-state index >= 15 is 0 Å². The molecule has 21 heavy (non-hydrogen) atoms. The Morgan fingerprint density at radius 1 is 1.10 bits per heavy atom. The molecule has 0 aliphatic carbocycles. The number of rotatable bonds is 3. The first-order valence-corrected chi connectivity index (χ1v) is 7.39. The third-order valence-corrected chi connectivity index (χ3v) is 3.86. The summed E-state index contributed by atoms with van der Waals surface area (Å²) in [5.41, 5.74) is 2.26. The van der Waals surface area contributed by atoms with Crippen LogP contribution in [0.1, 0.15) is 43.6 Å². The molecule has 0 amide bonds. The first kappa shape index (κ1) is 16.0. The highest BCUT2D eigenvalue weighted by atomic mass is 35.5. The van der Waals surface area contributed by atoms with Crippen LogP contribution in [0, 0.1) is 5.82 Å². The molecule has 112 valence electrons. The van der Waals surface area contributed by atoms with Crippen LogP contribution in [0.4, 0.5) is 4.39 Å². The summed E-state index contributed by atoms with van der Waals surface area (Å²) in [4.78, 5) is 0. The van der Waals surface area contributed by atoms with Gasteiger partial charge in [-0.05, 0) is 28.2 Å². The zero-order valence-electron chi connectivity index (χ0n) is 12.5. The Hall–Kier alpha value is -1.38. The lowest BCUT2D eigenvalue weighted by Crippen LogP contribution is -2.17. The third kappa shape index (κ3) is 3.63. The maximum atomic E-state index is 14.0. The summed E-state index contributed by atoms with van der Waals surface area (Å²) in [6.07, 6.45) is -0.548. The van der Waals surface area contributed by atoms with Gasteiger partial charge in [0.25, 0.3) is 0 Å². The van der Waals surface area contributed by atoms with E-state index < -0.39 is 11.9 Å². The molecule has 0 aliphatic heterocycles. The van der Waals surface area contributed by atoms with E-state index in [2.05, 4.69) is 20.8 Å². The van der Waals surface area contributed by atoms with Crippen molar-refractivity contribution >= 4 is 11.6 Å². The summed E-state index contributed by atoms with van der Waals surface area (Å²) in [6.45, 7) is 6.29. The van der Waals surface area contributed by atoms with Crippen molar-refractivity contribution < 1.29 is 9.50 Å². The molecule has 1 N–H and O–H groups in total. The topological polar surface area (TPSA) is 20.2 Å². The maximum Gasteiger partial charge on any atom is 0.145 e. The minimum Gasteiger partial charge on any atom is -0.388 e.